The van der Waals surface area contributed by atoms with Gasteiger partial charge in [-0.3, -0.25) is 4.79 Å². The maximum atomic E-state index is 12.0. The van der Waals surface area contributed by atoms with Crippen LogP contribution in [-0.2, 0) is 0 Å². The van der Waals surface area contributed by atoms with E-state index in [9.17, 15) is 4.79 Å². The Morgan fingerprint density at radius 1 is 1.35 bits per heavy atom. The van der Waals surface area contributed by atoms with E-state index in [0.29, 0.717) is 36.3 Å². The largest absolute Gasteiger partial charge is 0.493 e. The third kappa shape index (κ3) is 3.25. The Kier molecular flexibility index (Phi) is 5.09. The topological polar surface area (TPSA) is 35.5 Å². The van der Waals surface area contributed by atoms with E-state index in [1.54, 1.807) is 25.3 Å². The first-order valence-electron chi connectivity index (χ1n) is 5.42. The highest BCUT2D eigenvalue weighted by atomic mass is 16.5. The zero-order valence-corrected chi connectivity index (χ0v) is 10.2. The highest BCUT2D eigenvalue weighted by molar-refractivity contribution is 5.99. The van der Waals surface area contributed by atoms with Crippen molar-refractivity contribution in [2.75, 3.05) is 14.2 Å². The fourth-order valence-corrected chi connectivity index (χ4v) is 1.59. The van der Waals surface area contributed by atoms with Gasteiger partial charge in [-0.15, -0.1) is 12.3 Å². The number of benzene rings is 1. The summed E-state index contributed by atoms with van der Waals surface area (Å²) in [5, 5.41) is 0. The van der Waals surface area contributed by atoms with Crippen LogP contribution in [0.4, 0.5) is 0 Å². The van der Waals surface area contributed by atoms with Crippen molar-refractivity contribution in [3.05, 3.63) is 23.8 Å². The highest BCUT2D eigenvalue weighted by Crippen LogP contribution is 2.31. The molecule has 3 heteroatoms. The first-order valence-corrected chi connectivity index (χ1v) is 5.42. The lowest BCUT2D eigenvalue weighted by Crippen LogP contribution is -2.03. The molecule has 90 valence electrons. The molecule has 0 radical (unpaired) electrons. The Balaban J connectivity index is 2.89. The number of para-hydroxylation sites is 1. The normalized spacial score (nSPS) is 9.47. The van der Waals surface area contributed by atoms with E-state index in [0.717, 1.165) is 0 Å². The van der Waals surface area contributed by atoms with Crippen LogP contribution >= 0.6 is 0 Å². The van der Waals surface area contributed by atoms with Crippen molar-refractivity contribution in [1.29, 1.82) is 0 Å². The fourth-order valence-electron chi connectivity index (χ4n) is 1.59. The van der Waals surface area contributed by atoms with Gasteiger partial charge in [-0.25, -0.2) is 0 Å². The Morgan fingerprint density at radius 2 is 2.12 bits per heavy atom. The van der Waals surface area contributed by atoms with E-state index in [1.807, 2.05) is 0 Å². The molecule has 0 aromatic heterocycles. The van der Waals surface area contributed by atoms with Crippen molar-refractivity contribution in [3.63, 3.8) is 0 Å². The maximum Gasteiger partial charge on any atom is 0.171 e. The molecule has 0 spiro atoms. The van der Waals surface area contributed by atoms with Crippen molar-refractivity contribution in [2.45, 2.75) is 19.3 Å². The zero-order valence-electron chi connectivity index (χ0n) is 10.2. The van der Waals surface area contributed by atoms with Gasteiger partial charge in [0.15, 0.2) is 17.3 Å². The van der Waals surface area contributed by atoms with Gasteiger partial charge in [0.2, 0.25) is 0 Å². The van der Waals surface area contributed by atoms with Gasteiger partial charge in [-0.1, -0.05) is 6.07 Å². The van der Waals surface area contributed by atoms with E-state index >= 15 is 0 Å². The van der Waals surface area contributed by atoms with Gasteiger partial charge in [0.25, 0.3) is 0 Å². The first kappa shape index (κ1) is 13.1. The van der Waals surface area contributed by atoms with Gasteiger partial charge in [-0.2, -0.15) is 0 Å². The summed E-state index contributed by atoms with van der Waals surface area (Å²) < 4.78 is 10.4. The molecule has 1 aromatic rings. The standard InChI is InChI=1S/C14H16O3/c1-4-5-6-9-12(15)11-8-7-10-13(16-2)14(11)17-3/h1,7-8,10H,5-6,9H2,2-3H3. The molecule has 0 saturated heterocycles. The molecule has 0 heterocycles. The number of unbranched alkanes of at least 4 members (excludes halogenated alkanes) is 1. The third-order valence-corrected chi connectivity index (χ3v) is 2.43. The van der Waals surface area contributed by atoms with Crippen molar-refractivity contribution >= 4 is 5.78 Å². The number of hydrogen-bond donors (Lipinski definition) is 0. The highest BCUT2D eigenvalue weighted by Gasteiger charge is 2.15. The molecule has 0 bridgehead atoms. The lowest BCUT2D eigenvalue weighted by molar-refractivity contribution is 0.0977. The summed E-state index contributed by atoms with van der Waals surface area (Å²) in [6.07, 6.45) is 6.87. The Hall–Kier alpha value is -1.95. The second-order valence-electron chi connectivity index (χ2n) is 3.52. The number of terminal acetylenes is 1. The van der Waals surface area contributed by atoms with Gasteiger partial charge in [0, 0.05) is 12.8 Å². The Labute approximate surface area is 102 Å². The summed E-state index contributed by atoms with van der Waals surface area (Å²) >= 11 is 0. The molecule has 0 atom stereocenters. The van der Waals surface area contributed by atoms with Gasteiger partial charge >= 0.3 is 0 Å². The van der Waals surface area contributed by atoms with Crippen LogP contribution in [0, 0.1) is 12.3 Å². The van der Waals surface area contributed by atoms with E-state index in [2.05, 4.69) is 5.92 Å². The average Bonchev–Trinajstić information content (AvgIpc) is 2.37. The van der Waals surface area contributed by atoms with Crippen molar-refractivity contribution in [3.8, 4) is 23.8 Å². The summed E-state index contributed by atoms with van der Waals surface area (Å²) in [4.78, 5) is 12.0. The van der Waals surface area contributed by atoms with Crippen LogP contribution in [0.1, 0.15) is 29.6 Å². The van der Waals surface area contributed by atoms with Gasteiger partial charge < -0.3 is 9.47 Å². The molecule has 17 heavy (non-hydrogen) atoms. The monoisotopic (exact) mass is 232 g/mol. The maximum absolute atomic E-state index is 12.0. The molecule has 0 aliphatic carbocycles. The van der Waals surface area contributed by atoms with Gasteiger partial charge in [0.1, 0.15) is 0 Å². The van der Waals surface area contributed by atoms with E-state index in [1.165, 1.54) is 7.11 Å². The molecule has 0 saturated carbocycles. The Bertz CT molecular complexity index is 430. The number of carbonyl (C=O) groups excluding carboxylic acids is 1. The van der Waals surface area contributed by atoms with Crippen molar-refractivity contribution < 1.29 is 14.3 Å². The molecule has 0 aliphatic rings. The molecule has 0 aliphatic heterocycles. The molecular formula is C14H16O3. The molecule has 0 fully saturated rings. The third-order valence-electron chi connectivity index (χ3n) is 2.43. The number of rotatable bonds is 6. The molecule has 0 amide bonds. The minimum atomic E-state index is 0.0241. The summed E-state index contributed by atoms with van der Waals surface area (Å²) in [7, 11) is 3.07. The number of ether oxygens (including phenoxy) is 2. The van der Waals surface area contributed by atoms with Crippen LogP contribution in [0.15, 0.2) is 18.2 Å². The molecule has 1 aromatic carbocycles. The Morgan fingerprint density at radius 3 is 2.71 bits per heavy atom. The van der Waals surface area contributed by atoms with E-state index < -0.39 is 0 Å². The minimum Gasteiger partial charge on any atom is -0.493 e. The molecule has 3 nitrogen and oxygen atoms in total. The fraction of sp³-hybridized carbons (Fsp3) is 0.357. The van der Waals surface area contributed by atoms with Crippen LogP contribution in [0.25, 0.3) is 0 Å². The number of ketones is 1. The van der Waals surface area contributed by atoms with Gasteiger partial charge in [0.05, 0.1) is 19.8 Å². The second-order valence-corrected chi connectivity index (χ2v) is 3.52. The van der Waals surface area contributed by atoms with Crippen LogP contribution in [-0.4, -0.2) is 20.0 Å². The van der Waals surface area contributed by atoms with Crippen LogP contribution in [0.2, 0.25) is 0 Å². The summed E-state index contributed by atoms with van der Waals surface area (Å²) in [6.45, 7) is 0. The lowest BCUT2D eigenvalue weighted by Gasteiger charge is -2.11. The van der Waals surface area contributed by atoms with Gasteiger partial charge in [-0.05, 0) is 18.6 Å². The van der Waals surface area contributed by atoms with Crippen molar-refractivity contribution in [2.24, 2.45) is 0 Å². The predicted molar refractivity (Wildman–Crippen MR) is 66.6 cm³/mol. The predicted octanol–water partition coefficient (Wildman–Crippen LogP) is 2.69. The summed E-state index contributed by atoms with van der Waals surface area (Å²) in [5.41, 5.74) is 0.545. The average molecular weight is 232 g/mol. The smallest absolute Gasteiger partial charge is 0.171 e. The quantitative estimate of drug-likeness (QED) is 0.430. The molecule has 0 N–H and O–H groups in total. The molecular weight excluding hydrogens is 216 g/mol. The minimum absolute atomic E-state index is 0.0241. The van der Waals surface area contributed by atoms with E-state index in [-0.39, 0.29) is 5.78 Å². The molecule has 1 rings (SSSR count). The summed E-state index contributed by atoms with van der Waals surface area (Å²) in [6, 6.07) is 5.27. The lowest BCUT2D eigenvalue weighted by atomic mass is 10.0. The van der Waals surface area contributed by atoms with Crippen molar-refractivity contribution in [1.82, 2.24) is 0 Å². The second kappa shape index (κ2) is 6.59. The summed E-state index contributed by atoms with van der Waals surface area (Å²) in [5.74, 6) is 3.59. The number of Topliss-reactive ketones (excluding diaryl/α,β-unsaturated/α-hetero) is 1. The van der Waals surface area contributed by atoms with Crippen LogP contribution < -0.4 is 9.47 Å². The molecule has 0 unspecified atom stereocenters. The van der Waals surface area contributed by atoms with Crippen LogP contribution in [0.3, 0.4) is 0 Å². The number of methoxy groups -OCH3 is 2. The number of carbonyl (C=O) groups is 1. The number of hydrogen-bond acceptors (Lipinski definition) is 3. The van der Waals surface area contributed by atoms with E-state index in [4.69, 9.17) is 15.9 Å². The first-order chi connectivity index (χ1) is 8.24. The van der Waals surface area contributed by atoms with Crippen LogP contribution in [0.5, 0.6) is 11.5 Å². The zero-order chi connectivity index (χ0) is 12.7. The SMILES string of the molecule is C#CCCCC(=O)c1cccc(OC)c1OC.